The Bertz CT molecular complexity index is 649. The molecule has 122 valence electrons. The van der Waals surface area contributed by atoms with Crippen molar-refractivity contribution in [1.29, 1.82) is 0 Å². The Morgan fingerprint density at radius 1 is 1.22 bits per heavy atom. The van der Waals surface area contributed by atoms with E-state index < -0.39 is 0 Å². The van der Waals surface area contributed by atoms with Crippen molar-refractivity contribution in [1.82, 2.24) is 4.90 Å². The van der Waals surface area contributed by atoms with Crippen molar-refractivity contribution >= 4 is 29.3 Å². The van der Waals surface area contributed by atoms with Crippen molar-refractivity contribution in [3.05, 3.63) is 59.1 Å². The predicted octanol–water partition coefficient (Wildman–Crippen LogP) is 4.49. The van der Waals surface area contributed by atoms with Gasteiger partial charge in [0.05, 0.1) is 7.11 Å². The van der Waals surface area contributed by atoms with Crippen LogP contribution in [0.3, 0.4) is 0 Å². The first kappa shape index (κ1) is 17.7. The van der Waals surface area contributed by atoms with E-state index in [1.165, 1.54) is 4.90 Å². The van der Waals surface area contributed by atoms with Gasteiger partial charge in [0.25, 0.3) is 0 Å². The molecule has 0 aromatic heterocycles. The summed E-state index contributed by atoms with van der Waals surface area (Å²) >= 11 is 7.72. The molecule has 0 atom stereocenters. The Balaban J connectivity index is 1.86. The van der Waals surface area contributed by atoms with E-state index in [1.807, 2.05) is 30.3 Å². The van der Waals surface area contributed by atoms with Gasteiger partial charge in [-0.3, -0.25) is 4.79 Å². The lowest BCUT2D eigenvalue weighted by atomic mass is 10.2. The highest BCUT2D eigenvalue weighted by atomic mass is 35.5. The van der Waals surface area contributed by atoms with Crippen LogP contribution in [-0.4, -0.2) is 30.7 Å². The molecule has 0 aliphatic rings. The third-order valence-corrected chi connectivity index (χ3v) is 4.65. The Morgan fingerprint density at radius 3 is 2.65 bits per heavy atom. The molecule has 0 radical (unpaired) electrons. The maximum Gasteiger partial charge on any atom is 0.223 e. The molecule has 0 heterocycles. The van der Waals surface area contributed by atoms with E-state index >= 15 is 0 Å². The van der Waals surface area contributed by atoms with Crippen LogP contribution in [-0.2, 0) is 11.3 Å². The third kappa shape index (κ3) is 5.48. The molecule has 0 N–H and O–H groups in total. The Labute approximate surface area is 146 Å². The van der Waals surface area contributed by atoms with Crippen LogP contribution >= 0.6 is 23.4 Å². The number of halogens is 1. The van der Waals surface area contributed by atoms with Gasteiger partial charge in [-0.15, -0.1) is 11.8 Å². The van der Waals surface area contributed by atoms with Gasteiger partial charge < -0.3 is 9.64 Å². The van der Waals surface area contributed by atoms with Gasteiger partial charge in [0.1, 0.15) is 5.75 Å². The fourth-order valence-electron chi connectivity index (χ4n) is 2.18. The number of hydrogen-bond acceptors (Lipinski definition) is 3. The first-order valence-corrected chi connectivity index (χ1v) is 8.70. The second kappa shape index (κ2) is 8.85. The van der Waals surface area contributed by atoms with Gasteiger partial charge in [-0.05, 0) is 30.3 Å². The van der Waals surface area contributed by atoms with Gasteiger partial charge in [0.2, 0.25) is 5.91 Å². The molecule has 0 saturated carbocycles. The van der Waals surface area contributed by atoms with Crippen LogP contribution in [0.25, 0.3) is 0 Å². The summed E-state index contributed by atoms with van der Waals surface area (Å²) in [7, 11) is 3.42. The van der Waals surface area contributed by atoms with Crippen molar-refractivity contribution in [3.8, 4) is 5.75 Å². The topological polar surface area (TPSA) is 29.5 Å². The first-order valence-electron chi connectivity index (χ1n) is 7.34. The number of hydrogen-bond donors (Lipinski definition) is 0. The largest absolute Gasteiger partial charge is 0.496 e. The molecule has 0 bridgehead atoms. The molecule has 0 unspecified atom stereocenters. The molecule has 2 aromatic rings. The molecular weight excluding hydrogens is 330 g/mol. The summed E-state index contributed by atoms with van der Waals surface area (Å²) in [5.74, 6) is 1.61. The van der Waals surface area contributed by atoms with E-state index in [2.05, 4.69) is 12.1 Å². The maximum atomic E-state index is 12.3. The molecular formula is C18H20ClNO2S. The fourth-order valence-corrected chi connectivity index (χ4v) is 3.23. The standard InChI is InChI=1S/C18H20ClNO2S/c1-20(13-14-12-15(19)8-9-17(14)22-2)18(21)10-11-23-16-6-4-3-5-7-16/h3-9,12H,10-11,13H2,1-2H3. The third-order valence-electron chi connectivity index (χ3n) is 3.40. The number of methoxy groups -OCH3 is 1. The molecule has 23 heavy (non-hydrogen) atoms. The number of amides is 1. The van der Waals surface area contributed by atoms with E-state index in [0.717, 1.165) is 17.1 Å². The number of nitrogens with zero attached hydrogens (tertiary/aromatic N) is 1. The lowest BCUT2D eigenvalue weighted by Crippen LogP contribution is -2.26. The molecule has 5 heteroatoms. The average molecular weight is 350 g/mol. The molecule has 2 aromatic carbocycles. The SMILES string of the molecule is COc1ccc(Cl)cc1CN(C)C(=O)CCSc1ccccc1. The van der Waals surface area contributed by atoms with Gasteiger partial charge in [-0.1, -0.05) is 29.8 Å². The van der Waals surface area contributed by atoms with E-state index in [0.29, 0.717) is 18.0 Å². The number of benzene rings is 2. The van der Waals surface area contributed by atoms with Crippen molar-refractivity contribution in [3.63, 3.8) is 0 Å². The highest BCUT2D eigenvalue weighted by Crippen LogP contribution is 2.24. The van der Waals surface area contributed by atoms with Gasteiger partial charge >= 0.3 is 0 Å². The average Bonchev–Trinajstić information content (AvgIpc) is 2.56. The minimum Gasteiger partial charge on any atom is -0.496 e. The van der Waals surface area contributed by atoms with Crippen molar-refractivity contribution in [2.75, 3.05) is 19.9 Å². The second-order valence-electron chi connectivity index (χ2n) is 5.12. The smallest absolute Gasteiger partial charge is 0.223 e. The molecule has 0 aliphatic carbocycles. The zero-order valence-electron chi connectivity index (χ0n) is 13.3. The lowest BCUT2D eigenvalue weighted by molar-refractivity contribution is -0.129. The van der Waals surface area contributed by atoms with Crippen LogP contribution in [0, 0.1) is 0 Å². The summed E-state index contributed by atoms with van der Waals surface area (Å²) in [4.78, 5) is 15.1. The van der Waals surface area contributed by atoms with E-state index in [1.54, 1.807) is 36.9 Å². The van der Waals surface area contributed by atoms with E-state index in [4.69, 9.17) is 16.3 Å². The summed E-state index contributed by atoms with van der Waals surface area (Å²) in [5, 5.41) is 0.640. The second-order valence-corrected chi connectivity index (χ2v) is 6.72. The number of ether oxygens (including phenoxy) is 1. The molecule has 1 amide bonds. The Kier molecular flexibility index (Phi) is 6.81. The highest BCUT2D eigenvalue weighted by Gasteiger charge is 2.12. The summed E-state index contributed by atoms with van der Waals surface area (Å²) < 4.78 is 5.32. The van der Waals surface area contributed by atoms with Crippen LogP contribution < -0.4 is 4.74 Å². The van der Waals surface area contributed by atoms with Gasteiger partial charge in [0, 0.05) is 41.2 Å². The van der Waals surface area contributed by atoms with E-state index in [-0.39, 0.29) is 5.91 Å². The molecule has 0 aliphatic heterocycles. The number of thioether (sulfide) groups is 1. The predicted molar refractivity (Wildman–Crippen MR) is 96.3 cm³/mol. The number of carbonyl (C=O) groups excluding carboxylic acids is 1. The Hall–Kier alpha value is -1.65. The summed E-state index contributed by atoms with van der Waals surface area (Å²) in [6.45, 7) is 0.485. The van der Waals surface area contributed by atoms with Gasteiger partial charge in [0.15, 0.2) is 0 Å². The van der Waals surface area contributed by atoms with Crippen LogP contribution in [0.2, 0.25) is 5.02 Å². The number of rotatable bonds is 7. The zero-order valence-corrected chi connectivity index (χ0v) is 14.9. The summed E-state index contributed by atoms with van der Waals surface area (Å²) in [6, 6.07) is 15.5. The van der Waals surface area contributed by atoms with Crippen molar-refractivity contribution in [2.45, 2.75) is 17.9 Å². The molecule has 0 fully saturated rings. The molecule has 3 nitrogen and oxygen atoms in total. The van der Waals surface area contributed by atoms with Crippen LogP contribution in [0.15, 0.2) is 53.4 Å². The van der Waals surface area contributed by atoms with Crippen LogP contribution in [0.4, 0.5) is 0 Å². The molecule has 2 rings (SSSR count). The highest BCUT2D eigenvalue weighted by molar-refractivity contribution is 7.99. The van der Waals surface area contributed by atoms with Gasteiger partial charge in [-0.25, -0.2) is 0 Å². The van der Waals surface area contributed by atoms with Crippen LogP contribution in [0.1, 0.15) is 12.0 Å². The minimum absolute atomic E-state index is 0.107. The normalized spacial score (nSPS) is 10.4. The van der Waals surface area contributed by atoms with E-state index in [9.17, 15) is 4.79 Å². The minimum atomic E-state index is 0.107. The Morgan fingerprint density at radius 2 is 1.96 bits per heavy atom. The fraction of sp³-hybridized carbons (Fsp3) is 0.278. The monoisotopic (exact) mass is 349 g/mol. The van der Waals surface area contributed by atoms with Crippen molar-refractivity contribution in [2.24, 2.45) is 0 Å². The zero-order chi connectivity index (χ0) is 16.7. The first-order chi connectivity index (χ1) is 11.1. The maximum absolute atomic E-state index is 12.3. The van der Waals surface area contributed by atoms with Crippen molar-refractivity contribution < 1.29 is 9.53 Å². The van der Waals surface area contributed by atoms with Gasteiger partial charge in [-0.2, -0.15) is 0 Å². The molecule has 0 spiro atoms. The number of carbonyl (C=O) groups is 1. The summed E-state index contributed by atoms with van der Waals surface area (Å²) in [5.41, 5.74) is 0.909. The van der Waals surface area contributed by atoms with Crippen LogP contribution in [0.5, 0.6) is 5.75 Å². The lowest BCUT2D eigenvalue weighted by Gasteiger charge is -2.19. The molecule has 0 saturated heterocycles. The summed E-state index contributed by atoms with van der Waals surface area (Å²) in [6.07, 6.45) is 0.499. The quantitative estimate of drug-likeness (QED) is 0.690.